The Labute approximate surface area is 144 Å². The van der Waals surface area contributed by atoms with Gasteiger partial charge in [-0.15, -0.1) is 11.8 Å². The fraction of sp³-hybridized carbons (Fsp3) is 0.438. The molecule has 3 rings (SSSR count). The van der Waals surface area contributed by atoms with E-state index in [0.29, 0.717) is 6.61 Å². The summed E-state index contributed by atoms with van der Waals surface area (Å²) >= 11 is 1.64. The third-order valence-corrected chi connectivity index (χ3v) is 4.51. The number of halogens is 1. The van der Waals surface area contributed by atoms with Crippen LogP contribution in [0.2, 0.25) is 0 Å². The van der Waals surface area contributed by atoms with Crippen molar-refractivity contribution in [3.8, 4) is 5.75 Å². The molecule has 0 fully saturated rings. The molecule has 0 bridgehead atoms. The summed E-state index contributed by atoms with van der Waals surface area (Å²) in [5.74, 6) is 1.17. The van der Waals surface area contributed by atoms with E-state index >= 15 is 0 Å². The van der Waals surface area contributed by atoms with Crippen LogP contribution in [0, 0.1) is 0 Å². The monoisotopic (exact) mass is 349 g/mol. The van der Waals surface area contributed by atoms with Crippen molar-refractivity contribution in [3.63, 3.8) is 0 Å². The molecule has 0 radical (unpaired) electrons. The van der Waals surface area contributed by atoms with Crippen LogP contribution in [0.15, 0.2) is 23.1 Å². The zero-order valence-electron chi connectivity index (χ0n) is 13.8. The average Bonchev–Trinajstić information content (AvgIpc) is 2.53. The summed E-state index contributed by atoms with van der Waals surface area (Å²) in [6.45, 7) is 3.37. The quantitative estimate of drug-likeness (QED) is 0.819. The maximum Gasteiger partial charge on any atom is 0.228 e. The van der Waals surface area contributed by atoms with Gasteiger partial charge in [-0.2, -0.15) is 15.0 Å². The number of nitrogens with zero attached hydrogens (tertiary/aromatic N) is 3. The van der Waals surface area contributed by atoms with Gasteiger partial charge in [-0.05, 0) is 26.2 Å². The lowest BCUT2D eigenvalue weighted by Crippen LogP contribution is -2.24. The normalized spacial score (nSPS) is 17.1. The van der Waals surface area contributed by atoms with Gasteiger partial charge in [0.15, 0.2) is 11.5 Å². The zero-order valence-corrected chi connectivity index (χ0v) is 14.7. The molecule has 1 aliphatic rings. The predicted molar refractivity (Wildman–Crippen MR) is 93.1 cm³/mol. The number of benzene rings is 1. The number of anilines is 2. The number of para-hydroxylation sites is 1. The van der Waals surface area contributed by atoms with Crippen molar-refractivity contribution in [1.82, 2.24) is 15.0 Å². The molecular formula is C16H20FN5OS. The molecule has 1 unspecified atom stereocenters. The highest BCUT2D eigenvalue weighted by Crippen LogP contribution is 2.40. The Morgan fingerprint density at radius 3 is 2.83 bits per heavy atom. The third-order valence-electron chi connectivity index (χ3n) is 3.75. The molecule has 0 saturated heterocycles. The Hall–Kier alpha value is -2.09. The Morgan fingerprint density at radius 2 is 2.12 bits per heavy atom. The van der Waals surface area contributed by atoms with Gasteiger partial charge in [0.05, 0.1) is 12.6 Å². The van der Waals surface area contributed by atoms with Gasteiger partial charge in [-0.25, -0.2) is 4.39 Å². The second kappa shape index (κ2) is 6.43. The Kier molecular flexibility index (Phi) is 4.49. The summed E-state index contributed by atoms with van der Waals surface area (Å²) in [7, 11) is 0. The number of rotatable bonds is 4. The number of hydrogen-bond donors (Lipinski definition) is 2. The van der Waals surface area contributed by atoms with Gasteiger partial charge >= 0.3 is 0 Å². The van der Waals surface area contributed by atoms with Gasteiger partial charge in [-0.1, -0.05) is 12.1 Å². The Balaban J connectivity index is 1.93. The van der Waals surface area contributed by atoms with Gasteiger partial charge in [0.1, 0.15) is 5.75 Å². The number of alkyl halides is 1. The molecule has 0 aliphatic carbocycles. The van der Waals surface area contributed by atoms with Crippen molar-refractivity contribution >= 4 is 23.7 Å². The van der Waals surface area contributed by atoms with E-state index in [1.54, 1.807) is 11.8 Å². The summed E-state index contributed by atoms with van der Waals surface area (Å²) < 4.78 is 20.0. The number of nitrogen functional groups attached to an aromatic ring is 1. The molecule has 1 aliphatic heterocycles. The van der Waals surface area contributed by atoms with Gasteiger partial charge in [0.2, 0.25) is 11.9 Å². The lowest BCUT2D eigenvalue weighted by molar-refractivity contribution is 0.206. The molecule has 8 heteroatoms. The van der Waals surface area contributed by atoms with Gasteiger partial charge in [-0.3, -0.25) is 0 Å². The van der Waals surface area contributed by atoms with Crippen LogP contribution >= 0.6 is 11.8 Å². The maximum atomic E-state index is 14.1. The fourth-order valence-corrected chi connectivity index (χ4v) is 3.16. The summed E-state index contributed by atoms with van der Waals surface area (Å²) in [4.78, 5) is 13.2. The van der Waals surface area contributed by atoms with E-state index in [4.69, 9.17) is 10.5 Å². The van der Waals surface area contributed by atoms with E-state index in [9.17, 15) is 4.39 Å². The highest BCUT2D eigenvalue weighted by Gasteiger charge is 2.27. The minimum absolute atomic E-state index is 0.00151. The minimum atomic E-state index is -1.69. The van der Waals surface area contributed by atoms with E-state index in [0.717, 1.165) is 22.6 Å². The molecule has 2 aromatic rings. The molecule has 0 saturated carbocycles. The Morgan fingerprint density at radius 1 is 1.33 bits per heavy atom. The van der Waals surface area contributed by atoms with Crippen LogP contribution < -0.4 is 15.8 Å². The van der Waals surface area contributed by atoms with E-state index in [-0.39, 0.29) is 23.8 Å². The molecule has 1 atom stereocenters. The van der Waals surface area contributed by atoms with Crippen molar-refractivity contribution in [2.75, 3.05) is 23.9 Å². The molecule has 0 amide bonds. The first-order chi connectivity index (χ1) is 11.4. The zero-order chi connectivity index (χ0) is 17.3. The van der Waals surface area contributed by atoms with Crippen molar-refractivity contribution < 1.29 is 9.13 Å². The van der Waals surface area contributed by atoms with Crippen LogP contribution in [0.25, 0.3) is 0 Å². The largest absolute Gasteiger partial charge is 0.492 e. The summed E-state index contributed by atoms with van der Waals surface area (Å²) in [6.07, 6.45) is 2.77. The lowest BCUT2D eigenvalue weighted by atomic mass is 10.0. The van der Waals surface area contributed by atoms with E-state index < -0.39 is 5.67 Å². The maximum absolute atomic E-state index is 14.1. The summed E-state index contributed by atoms with van der Waals surface area (Å²) in [5, 5.41) is 3.24. The lowest BCUT2D eigenvalue weighted by Gasteiger charge is -2.28. The van der Waals surface area contributed by atoms with Gasteiger partial charge < -0.3 is 15.8 Å². The number of fused-ring (bicyclic) bond motifs is 1. The predicted octanol–water partition coefficient (Wildman–Crippen LogP) is 3.32. The minimum Gasteiger partial charge on any atom is -0.492 e. The van der Waals surface area contributed by atoms with E-state index in [2.05, 4.69) is 20.3 Å². The van der Waals surface area contributed by atoms with Gasteiger partial charge in [0.25, 0.3) is 0 Å². The van der Waals surface area contributed by atoms with Crippen molar-refractivity contribution in [2.24, 2.45) is 0 Å². The van der Waals surface area contributed by atoms with E-state index in [1.165, 1.54) is 13.8 Å². The second-order valence-electron chi connectivity index (χ2n) is 6.03. The topological polar surface area (TPSA) is 86.0 Å². The summed E-state index contributed by atoms with van der Waals surface area (Å²) in [5.41, 5.74) is 5.05. The number of nitrogens with one attached hydrogen (secondary N) is 1. The highest BCUT2D eigenvalue weighted by molar-refractivity contribution is 7.98. The SMILES string of the molecule is CSc1cccc2c1OCCC2Nc1nc(N)nc(C(C)(C)F)n1. The Bertz CT molecular complexity index is 750. The van der Waals surface area contributed by atoms with Crippen LogP contribution in [0.5, 0.6) is 5.75 Å². The first-order valence-electron chi connectivity index (χ1n) is 7.65. The molecule has 6 nitrogen and oxygen atoms in total. The third kappa shape index (κ3) is 3.38. The van der Waals surface area contributed by atoms with Crippen molar-refractivity contribution in [1.29, 1.82) is 0 Å². The van der Waals surface area contributed by atoms with Crippen molar-refractivity contribution in [2.45, 2.75) is 36.9 Å². The molecule has 0 spiro atoms. The number of thioether (sulfide) groups is 1. The van der Waals surface area contributed by atoms with Crippen LogP contribution in [-0.2, 0) is 5.67 Å². The van der Waals surface area contributed by atoms with Crippen LogP contribution in [0.4, 0.5) is 16.3 Å². The molecule has 1 aromatic carbocycles. The standard InChI is InChI=1S/C16H20FN5OS/c1-16(2,17)13-20-14(18)22-15(21-13)19-10-7-8-23-12-9(10)5-4-6-11(12)24-3/h4-6,10H,7-8H2,1-3H3,(H3,18,19,20,21,22). The number of aromatic nitrogens is 3. The first kappa shape index (κ1) is 16.8. The van der Waals surface area contributed by atoms with Crippen molar-refractivity contribution in [3.05, 3.63) is 29.6 Å². The molecule has 1 aromatic heterocycles. The first-order valence-corrected chi connectivity index (χ1v) is 8.88. The number of ether oxygens (including phenoxy) is 1. The second-order valence-corrected chi connectivity index (χ2v) is 6.87. The van der Waals surface area contributed by atoms with Gasteiger partial charge in [0, 0.05) is 16.9 Å². The molecule has 2 heterocycles. The molecule has 128 valence electrons. The van der Waals surface area contributed by atoms with Crippen LogP contribution in [0.3, 0.4) is 0 Å². The average molecular weight is 349 g/mol. The summed E-state index contributed by atoms with van der Waals surface area (Å²) in [6, 6.07) is 6.00. The van der Waals surface area contributed by atoms with Crippen LogP contribution in [0.1, 0.15) is 37.7 Å². The highest BCUT2D eigenvalue weighted by atomic mass is 32.2. The smallest absolute Gasteiger partial charge is 0.228 e. The molecular weight excluding hydrogens is 329 g/mol. The van der Waals surface area contributed by atoms with Crippen LogP contribution in [-0.4, -0.2) is 27.8 Å². The number of hydrogen-bond acceptors (Lipinski definition) is 7. The fourth-order valence-electron chi connectivity index (χ4n) is 2.59. The molecule has 24 heavy (non-hydrogen) atoms. The number of nitrogens with two attached hydrogens (primary N) is 1. The molecule has 3 N–H and O–H groups in total. The van der Waals surface area contributed by atoms with E-state index in [1.807, 2.05) is 24.5 Å².